The van der Waals surface area contributed by atoms with E-state index in [2.05, 4.69) is 16.0 Å². The molecule has 1 aliphatic rings. The van der Waals surface area contributed by atoms with Crippen LogP contribution in [0.5, 0.6) is 0 Å². The number of nitrogens with zero attached hydrogens (tertiary/aromatic N) is 2. The molecule has 29 heavy (non-hydrogen) atoms. The average molecular weight is 407 g/mol. The monoisotopic (exact) mass is 407 g/mol. The van der Waals surface area contributed by atoms with Crippen LogP contribution in [0.15, 0.2) is 78.0 Å². The first-order valence-electron chi connectivity index (χ1n) is 9.32. The van der Waals surface area contributed by atoms with Crippen LogP contribution in [0.2, 0.25) is 0 Å². The first kappa shape index (κ1) is 18.0. The van der Waals surface area contributed by atoms with Crippen LogP contribution in [0.3, 0.4) is 0 Å². The van der Waals surface area contributed by atoms with Crippen LogP contribution in [-0.2, 0) is 16.4 Å². The zero-order valence-electron chi connectivity index (χ0n) is 15.4. The maximum atomic E-state index is 13.5. The van der Waals surface area contributed by atoms with Gasteiger partial charge in [-0.2, -0.15) is 4.31 Å². The second kappa shape index (κ2) is 6.79. The fourth-order valence-corrected chi connectivity index (χ4v) is 5.68. The first-order chi connectivity index (χ1) is 14.1. The molecule has 1 aliphatic heterocycles. The summed E-state index contributed by atoms with van der Waals surface area (Å²) in [5.74, 6) is -0.468. The van der Waals surface area contributed by atoms with Gasteiger partial charge in [0.25, 0.3) is 0 Å². The highest BCUT2D eigenvalue weighted by atomic mass is 32.2. The van der Waals surface area contributed by atoms with Crippen LogP contribution in [0, 0.1) is 5.82 Å². The fourth-order valence-electron chi connectivity index (χ4n) is 4.09. The number of fused-ring (bicyclic) bond motifs is 3. The molecule has 5 rings (SSSR count). The Bertz CT molecular complexity index is 1280. The van der Waals surface area contributed by atoms with Crippen molar-refractivity contribution in [3.63, 3.8) is 0 Å². The van der Waals surface area contributed by atoms with Gasteiger partial charge in [-0.15, -0.1) is 0 Å². The molecule has 2 aromatic carbocycles. The molecule has 5 nitrogen and oxygen atoms in total. The normalized spacial score (nSPS) is 17.3. The molecule has 4 aromatic rings. The van der Waals surface area contributed by atoms with Crippen molar-refractivity contribution >= 4 is 20.9 Å². The van der Waals surface area contributed by atoms with Gasteiger partial charge in [0, 0.05) is 35.5 Å². The Morgan fingerprint density at radius 3 is 2.59 bits per heavy atom. The highest BCUT2D eigenvalue weighted by Crippen LogP contribution is 2.40. The SMILES string of the molecule is O=S(=O)(c1ccc(F)cc1)N1CCc2c([nH]c3ccccc23)[C@@H]1c1cccnc1. The van der Waals surface area contributed by atoms with Crippen LogP contribution >= 0.6 is 0 Å². The zero-order valence-corrected chi connectivity index (χ0v) is 16.2. The van der Waals surface area contributed by atoms with Crippen LogP contribution in [0.25, 0.3) is 10.9 Å². The van der Waals surface area contributed by atoms with Crippen LogP contribution < -0.4 is 0 Å². The lowest BCUT2D eigenvalue weighted by Gasteiger charge is -2.35. The van der Waals surface area contributed by atoms with Gasteiger partial charge in [-0.05, 0) is 53.9 Å². The lowest BCUT2D eigenvalue weighted by molar-refractivity contribution is 0.340. The number of aromatic amines is 1. The lowest BCUT2D eigenvalue weighted by atomic mass is 9.95. The van der Waals surface area contributed by atoms with E-state index in [0.717, 1.165) is 27.7 Å². The number of hydrogen-bond donors (Lipinski definition) is 1. The fraction of sp³-hybridized carbons (Fsp3) is 0.136. The van der Waals surface area contributed by atoms with Gasteiger partial charge >= 0.3 is 0 Å². The number of benzene rings is 2. The number of H-pyrrole nitrogens is 1. The zero-order chi connectivity index (χ0) is 20.0. The summed E-state index contributed by atoms with van der Waals surface area (Å²) in [5, 5.41) is 1.11. The van der Waals surface area contributed by atoms with Crippen molar-refractivity contribution in [2.45, 2.75) is 17.4 Å². The molecule has 1 N–H and O–H groups in total. The minimum absolute atomic E-state index is 0.0763. The third-order valence-electron chi connectivity index (χ3n) is 5.41. The van der Waals surface area contributed by atoms with Crippen molar-refractivity contribution in [1.82, 2.24) is 14.3 Å². The van der Waals surface area contributed by atoms with E-state index in [1.165, 1.54) is 28.6 Å². The highest BCUT2D eigenvalue weighted by Gasteiger charge is 2.39. The van der Waals surface area contributed by atoms with Gasteiger partial charge in [-0.25, -0.2) is 12.8 Å². The van der Waals surface area contributed by atoms with Gasteiger partial charge < -0.3 is 4.98 Å². The van der Waals surface area contributed by atoms with E-state index in [4.69, 9.17) is 0 Å². The van der Waals surface area contributed by atoms with E-state index >= 15 is 0 Å². The Hall–Kier alpha value is -3.03. The largest absolute Gasteiger partial charge is 0.357 e. The molecule has 1 atom stereocenters. The number of sulfonamides is 1. The lowest BCUT2D eigenvalue weighted by Crippen LogP contribution is -2.40. The third-order valence-corrected chi connectivity index (χ3v) is 7.29. The molecule has 0 fully saturated rings. The molecule has 2 aromatic heterocycles. The average Bonchev–Trinajstić information content (AvgIpc) is 3.13. The highest BCUT2D eigenvalue weighted by molar-refractivity contribution is 7.89. The van der Waals surface area contributed by atoms with Crippen molar-refractivity contribution in [2.75, 3.05) is 6.54 Å². The molecule has 0 saturated carbocycles. The van der Waals surface area contributed by atoms with Crippen LogP contribution in [0.1, 0.15) is 22.9 Å². The standard InChI is InChI=1S/C22H18FN3O2S/c23-16-7-9-17(10-8-16)29(27,28)26-13-11-19-18-5-1-2-6-20(18)25-21(19)22(26)15-4-3-12-24-14-15/h1-10,12,14,22,25H,11,13H2/t22-/m0/s1. The van der Waals surface area contributed by atoms with E-state index in [1.54, 1.807) is 18.5 Å². The van der Waals surface area contributed by atoms with E-state index in [9.17, 15) is 12.8 Å². The molecular weight excluding hydrogens is 389 g/mol. The predicted octanol–water partition coefficient (Wildman–Crippen LogP) is 4.04. The molecule has 0 unspecified atom stereocenters. The van der Waals surface area contributed by atoms with Gasteiger partial charge in [0.2, 0.25) is 10.0 Å². The minimum atomic E-state index is -3.84. The molecule has 0 radical (unpaired) electrons. The molecule has 7 heteroatoms. The number of aromatic nitrogens is 2. The van der Waals surface area contributed by atoms with Crippen molar-refractivity contribution in [3.05, 3.63) is 95.7 Å². The van der Waals surface area contributed by atoms with Gasteiger partial charge in [-0.3, -0.25) is 4.98 Å². The summed E-state index contributed by atoms with van der Waals surface area (Å²) in [6, 6.07) is 16.1. The summed E-state index contributed by atoms with van der Waals surface area (Å²) in [4.78, 5) is 7.71. The van der Waals surface area contributed by atoms with Crippen molar-refractivity contribution in [1.29, 1.82) is 0 Å². The van der Waals surface area contributed by atoms with Crippen LogP contribution in [-0.4, -0.2) is 29.2 Å². The third kappa shape index (κ3) is 2.94. The van der Waals surface area contributed by atoms with Gasteiger partial charge in [0.05, 0.1) is 10.9 Å². The van der Waals surface area contributed by atoms with Gasteiger partial charge in [-0.1, -0.05) is 24.3 Å². The number of nitrogens with one attached hydrogen (secondary N) is 1. The van der Waals surface area contributed by atoms with E-state index < -0.39 is 21.9 Å². The molecule has 0 aliphatic carbocycles. The minimum Gasteiger partial charge on any atom is -0.357 e. The summed E-state index contributed by atoms with van der Waals surface area (Å²) in [6.45, 7) is 0.327. The predicted molar refractivity (Wildman–Crippen MR) is 108 cm³/mol. The Balaban J connectivity index is 1.70. The number of rotatable bonds is 3. The maximum absolute atomic E-state index is 13.5. The Morgan fingerprint density at radius 2 is 1.83 bits per heavy atom. The quantitative estimate of drug-likeness (QED) is 0.557. The molecular formula is C22H18FN3O2S. The number of halogens is 1. The first-order valence-corrected chi connectivity index (χ1v) is 10.8. The topological polar surface area (TPSA) is 66.1 Å². The summed E-state index contributed by atoms with van der Waals surface area (Å²) >= 11 is 0. The Morgan fingerprint density at radius 1 is 1.03 bits per heavy atom. The van der Waals surface area contributed by atoms with Crippen molar-refractivity contribution < 1.29 is 12.8 Å². The number of hydrogen-bond acceptors (Lipinski definition) is 3. The van der Waals surface area contributed by atoms with Gasteiger partial charge in [0.15, 0.2) is 0 Å². The number of pyridine rings is 1. The molecule has 3 heterocycles. The summed E-state index contributed by atoms with van der Waals surface area (Å²) in [6.07, 6.45) is 3.95. The summed E-state index contributed by atoms with van der Waals surface area (Å²) in [7, 11) is -3.84. The second-order valence-electron chi connectivity index (χ2n) is 7.07. The van der Waals surface area contributed by atoms with E-state index in [1.807, 2.05) is 24.3 Å². The van der Waals surface area contributed by atoms with Crippen molar-refractivity contribution in [2.24, 2.45) is 0 Å². The molecule has 0 amide bonds. The summed E-state index contributed by atoms with van der Waals surface area (Å²) < 4.78 is 41.8. The molecule has 146 valence electrons. The Kier molecular flexibility index (Phi) is 4.22. The smallest absolute Gasteiger partial charge is 0.244 e. The van der Waals surface area contributed by atoms with Crippen LogP contribution in [0.4, 0.5) is 4.39 Å². The van der Waals surface area contributed by atoms with E-state index in [0.29, 0.717) is 13.0 Å². The second-order valence-corrected chi connectivity index (χ2v) is 8.96. The van der Waals surface area contributed by atoms with Gasteiger partial charge in [0.1, 0.15) is 5.82 Å². The molecule has 0 saturated heterocycles. The van der Waals surface area contributed by atoms with E-state index in [-0.39, 0.29) is 4.90 Å². The summed E-state index contributed by atoms with van der Waals surface area (Å²) in [5.41, 5.74) is 3.74. The van der Waals surface area contributed by atoms with Crippen molar-refractivity contribution in [3.8, 4) is 0 Å². The number of para-hydroxylation sites is 1. The Labute approximate surface area is 167 Å². The maximum Gasteiger partial charge on any atom is 0.244 e. The molecule has 0 bridgehead atoms. The molecule has 0 spiro atoms.